The van der Waals surface area contributed by atoms with E-state index in [4.69, 9.17) is 0 Å². The quantitative estimate of drug-likeness (QED) is 0.866. The minimum Gasteiger partial charge on any atom is -0.294 e. The molecule has 2 fully saturated rings. The van der Waals surface area contributed by atoms with Gasteiger partial charge in [0.1, 0.15) is 0 Å². The molecule has 0 aromatic carbocycles. The summed E-state index contributed by atoms with van der Waals surface area (Å²) in [6, 6.07) is 3.76. The fourth-order valence-electron chi connectivity index (χ4n) is 3.96. The third-order valence-electron chi connectivity index (χ3n) is 4.92. The first-order chi connectivity index (χ1) is 10.3. The highest BCUT2D eigenvalue weighted by Crippen LogP contribution is 2.33. The minimum absolute atomic E-state index is 0.740. The molecule has 5 heteroatoms. The van der Waals surface area contributed by atoms with Crippen LogP contribution in [0.5, 0.6) is 0 Å². The Bertz CT molecular complexity index is 591. The maximum Gasteiger partial charge on any atom is 0.0534 e. The first kappa shape index (κ1) is 13.5. The van der Waals surface area contributed by atoms with Gasteiger partial charge in [0.2, 0.25) is 0 Å². The van der Waals surface area contributed by atoms with Crippen LogP contribution < -0.4 is 0 Å². The Hall–Kier alpha value is -1.17. The van der Waals surface area contributed by atoms with Gasteiger partial charge in [0.25, 0.3) is 0 Å². The third-order valence-corrected chi connectivity index (χ3v) is 5.65. The number of aromatic nitrogens is 2. The van der Waals surface area contributed by atoms with E-state index in [1.165, 1.54) is 37.1 Å². The molecule has 4 rings (SSSR count). The normalized spacial score (nSPS) is 26.5. The van der Waals surface area contributed by atoms with E-state index in [0.29, 0.717) is 0 Å². The van der Waals surface area contributed by atoms with Crippen molar-refractivity contribution in [3.05, 3.63) is 40.3 Å². The summed E-state index contributed by atoms with van der Waals surface area (Å²) in [5.41, 5.74) is 2.82. The van der Waals surface area contributed by atoms with E-state index in [2.05, 4.69) is 37.9 Å². The van der Waals surface area contributed by atoms with Gasteiger partial charge in [-0.15, -0.1) is 0 Å². The number of thiophene rings is 1. The van der Waals surface area contributed by atoms with Crippen molar-refractivity contribution >= 4 is 11.3 Å². The van der Waals surface area contributed by atoms with Gasteiger partial charge in [-0.1, -0.05) is 0 Å². The van der Waals surface area contributed by atoms with E-state index in [-0.39, 0.29) is 0 Å². The second-order valence-electron chi connectivity index (χ2n) is 6.31. The summed E-state index contributed by atoms with van der Waals surface area (Å²) < 4.78 is 1.90. The zero-order valence-corrected chi connectivity index (χ0v) is 13.3. The molecule has 0 radical (unpaired) electrons. The Morgan fingerprint density at radius 3 is 2.43 bits per heavy atom. The van der Waals surface area contributed by atoms with E-state index in [0.717, 1.165) is 25.2 Å². The summed E-state index contributed by atoms with van der Waals surface area (Å²) in [6.07, 6.45) is 6.78. The maximum atomic E-state index is 4.29. The van der Waals surface area contributed by atoms with Crippen molar-refractivity contribution in [1.29, 1.82) is 0 Å². The molecule has 0 N–H and O–H groups in total. The highest BCUT2D eigenvalue weighted by molar-refractivity contribution is 7.07. The molecule has 0 amide bonds. The standard InChI is InChI=1S/C16H22N4S/c1-18-9-14(8-17-18)11-20-6-3-15-16(20)2-5-19(15)10-13-4-7-21-12-13/h4,7-9,12,15-16H,2-3,5-6,10-11H2,1H3/t15-,16+/m1/s1. The Balaban J connectivity index is 1.41. The SMILES string of the molecule is Cn1cc(CN2CC[C@@H]3[C@@H]2CCN3Cc2ccsc2)cn1. The summed E-state index contributed by atoms with van der Waals surface area (Å²) in [7, 11) is 1.99. The molecule has 2 aromatic heterocycles. The van der Waals surface area contributed by atoms with Crippen LogP contribution in [0.3, 0.4) is 0 Å². The first-order valence-corrected chi connectivity index (χ1v) is 8.70. The molecular weight excluding hydrogens is 280 g/mol. The molecule has 0 unspecified atom stereocenters. The van der Waals surface area contributed by atoms with Gasteiger partial charge in [0.15, 0.2) is 0 Å². The summed E-state index contributed by atoms with van der Waals surface area (Å²) in [5.74, 6) is 0. The molecule has 2 saturated heterocycles. The second-order valence-corrected chi connectivity index (χ2v) is 7.09. The lowest BCUT2D eigenvalue weighted by Crippen LogP contribution is -2.35. The van der Waals surface area contributed by atoms with Crippen LogP contribution in [0.4, 0.5) is 0 Å². The zero-order chi connectivity index (χ0) is 14.2. The maximum absolute atomic E-state index is 4.29. The lowest BCUT2D eigenvalue weighted by atomic mass is 10.1. The Labute approximate surface area is 130 Å². The van der Waals surface area contributed by atoms with Crippen molar-refractivity contribution in [2.45, 2.75) is 38.0 Å². The number of hydrogen-bond donors (Lipinski definition) is 0. The molecule has 0 aliphatic carbocycles. The summed E-state index contributed by atoms with van der Waals surface area (Å²) in [6.45, 7) is 4.66. The smallest absolute Gasteiger partial charge is 0.0534 e. The topological polar surface area (TPSA) is 24.3 Å². The number of fused-ring (bicyclic) bond motifs is 1. The van der Waals surface area contributed by atoms with Crippen LogP contribution in [-0.4, -0.2) is 44.8 Å². The van der Waals surface area contributed by atoms with Crippen molar-refractivity contribution in [3.8, 4) is 0 Å². The third kappa shape index (κ3) is 2.65. The minimum atomic E-state index is 0.740. The molecule has 4 heterocycles. The van der Waals surface area contributed by atoms with E-state index in [1.807, 2.05) is 17.9 Å². The van der Waals surface area contributed by atoms with E-state index in [1.54, 1.807) is 11.3 Å². The molecule has 2 aliphatic rings. The summed E-state index contributed by atoms with van der Waals surface area (Å²) >= 11 is 1.81. The van der Waals surface area contributed by atoms with Crippen LogP contribution in [0.25, 0.3) is 0 Å². The average molecular weight is 302 g/mol. The largest absolute Gasteiger partial charge is 0.294 e. The number of hydrogen-bond acceptors (Lipinski definition) is 4. The Morgan fingerprint density at radius 1 is 1.14 bits per heavy atom. The number of nitrogens with zero attached hydrogens (tertiary/aromatic N) is 4. The lowest BCUT2D eigenvalue weighted by molar-refractivity contribution is 0.213. The van der Waals surface area contributed by atoms with Crippen LogP contribution in [0.1, 0.15) is 24.0 Å². The van der Waals surface area contributed by atoms with Gasteiger partial charge < -0.3 is 0 Å². The Morgan fingerprint density at radius 2 is 1.86 bits per heavy atom. The fourth-order valence-corrected chi connectivity index (χ4v) is 4.62. The highest BCUT2D eigenvalue weighted by Gasteiger charge is 2.42. The van der Waals surface area contributed by atoms with Crippen molar-refractivity contribution in [2.75, 3.05) is 13.1 Å². The molecule has 4 nitrogen and oxygen atoms in total. The molecule has 2 atom stereocenters. The number of rotatable bonds is 4. The molecule has 2 aliphatic heterocycles. The van der Waals surface area contributed by atoms with Crippen LogP contribution in [0.2, 0.25) is 0 Å². The van der Waals surface area contributed by atoms with Crippen molar-refractivity contribution < 1.29 is 0 Å². The van der Waals surface area contributed by atoms with Crippen LogP contribution in [0, 0.1) is 0 Å². The zero-order valence-electron chi connectivity index (χ0n) is 12.5. The van der Waals surface area contributed by atoms with Crippen molar-refractivity contribution in [2.24, 2.45) is 7.05 Å². The molecule has 0 spiro atoms. The summed E-state index contributed by atoms with van der Waals surface area (Å²) in [5, 5.41) is 8.76. The van der Waals surface area contributed by atoms with E-state index in [9.17, 15) is 0 Å². The molecule has 112 valence electrons. The van der Waals surface area contributed by atoms with Gasteiger partial charge in [-0.2, -0.15) is 16.4 Å². The monoisotopic (exact) mass is 302 g/mol. The van der Waals surface area contributed by atoms with Gasteiger partial charge in [-0.05, 0) is 35.2 Å². The molecule has 2 aromatic rings. The Kier molecular flexibility index (Phi) is 3.57. The van der Waals surface area contributed by atoms with Gasteiger partial charge >= 0.3 is 0 Å². The van der Waals surface area contributed by atoms with E-state index >= 15 is 0 Å². The van der Waals surface area contributed by atoms with Gasteiger partial charge in [0.05, 0.1) is 6.20 Å². The van der Waals surface area contributed by atoms with Gasteiger partial charge in [-0.3, -0.25) is 14.5 Å². The first-order valence-electron chi connectivity index (χ1n) is 7.76. The van der Waals surface area contributed by atoms with Crippen LogP contribution in [0.15, 0.2) is 29.2 Å². The van der Waals surface area contributed by atoms with Crippen molar-refractivity contribution in [1.82, 2.24) is 19.6 Å². The fraction of sp³-hybridized carbons (Fsp3) is 0.562. The molecule has 0 saturated carbocycles. The van der Waals surface area contributed by atoms with Gasteiger partial charge in [0, 0.05) is 57.1 Å². The molecular formula is C16H22N4S. The average Bonchev–Trinajstić information content (AvgIpc) is 3.20. The van der Waals surface area contributed by atoms with Crippen LogP contribution >= 0.6 is 11.3 Å². The predicted molar refractivity (Wildman–Crippen MR) is 85.2 cm³/mol. The van der Waals surface area contributed by atoms with Gasteiger partial charge in [-0.25, -0.2) is 0 Å². The summed E-state index contributed by atoms with van der Waals surface area (Å²) in [4.78, 5) is 5.35. The molecule has 21 heavy (non-hydrogen) atoms. The lowest BCUT2D eigenvalue weighted by Gasteiger charge is -2.25. The number of likely N-dealkylation sites (tertiary alicyclic amines) is 2. The van der Waals surface area contributed by atoms with E-state index < -0.39 is 0 Å². The second kappa shape index (κ2) is 5.55. The van der Waals surface area contributed by atoms with Crippen molar-refractivity contribution in [3.63, 3.8) is 0 Å². The predicted octanol–water partition coefficient (Wildman–Crippen LogP) is 2.33. The highest BCUT2D eigenvalue weighted by atomic mass is 32.1. The number of aryl methyl sites for hydroxylation is 1. The van der Waals surface area contributed by atoms with Crippen LogP contribution in [-0.2, 0) is 20.1 Å². The molecule has 0 bridgehead atoms.